The molecule has 1 aliphatic rings. The topological polar surface area (TPSA) is 29.5 Å². The molecule has 0 unspecified atom stereocenters. The standard InChI is InChI=1S/C9H15F2NO2/c1-3-14-8(13)9(10,11)6-12(2)7-4-5-7/h7H,3-6H2,1-2H3. The van der Waals surface area contributed by atoms with Gasteiger partial charge < -0.3 is 4.74 Å². The van der Waals surface area contributed by atoms with Crippen LogP contribution in [0.5, 0.6) is 0 Å². The minimum absolute atomic E-state index is 0.0123. The fourth-order valence-corrected chi connectivity index (χ4v) is 1.26. The quantitative estimate of drug-likeness (QED) is 0.636. The summed E-state index contributed by atoms with van der Waals surface area (Å²) in [6.07, 6.45) is 1.88. The molecule has 0 heterocycles. The van der Waals surface area contributed by atoms with Crippen LogP contribution >= 0.6 is 0 Å². The molecule has 82 valence electrons. The first kappa shape index (κ1) is 11.4. The van der Waals surface area contributed by atoms with Crippen molar-refractivity contribution < 1.29 is 18.3 Å². The maximum atomic E-state index is 13.1. The Morgan fingerprint density at radius 1 is 1.57 bits per heavy atom. The number of carbonyl (C=O) groups excluding carboxylic acids is 1. The fourth-order valence-electron chi connectivity index (χ4n) is 1.26. The normalized spacial score (nSPS) is 17.2. The van der Waals surface area contributed by atoms with Crippen molar-refractivity contribution in [2.75, 3.05) is 20.2 Å². The highest BCUT2D eigenvalue weighted by atomic mass is 19.3. The Labute approximate surface area is 82.0 Å². The van der Waals surface area contributed by atoms with Crippen LogP contribution in [0.15, 0.2) is 0 Å². The number of ether oxygens (including phenoxy) is 1. The van der Waals surface area contributed by atoms with Crippen LogP contribution in [-0.4, -0.2) is 43.0 Å². The maximum absolute atomic E-state index is 13.1. The van der Waals surface area contributed by atoms with E-state index in [4.69, 9.17) is 0 Å². The third-order valence-electron chi connectivity index (χ3n) is 2.19. The molecule has 0 aliphatic heterocycles. The second kappa shape index (κ2) is 4.21. The molecule has 14 heavy (non-hydrogen) atoms. The second-order valence-electron chi connectivity index (χ2n) is 3.57. The predicted octanol–water partition coefficient (Wildman–Crippen LogP) is 1.28. The smallest absolute Gasteiger partial charge is 0.378 e. The molecule has 1 rings (SSSR count). The van der Waals surface area contributed by atoms with Gasteiger partial charge in [-0.05, 0) is 26.8 Å². The zero-order valence-electron chi connectivity index (χ0n) is 8.43. The van der Waals surface area contributed by atoms with Gasteiger partial charge in [-0.25, -0.2) is 4.79 Å². The van der Waals surface area contributed by atoms with Crippen molar-refractivity contribution in [3.05, 3.63) is 0 Å². The van der Waals surface area contributed by atoms with Gasteiger partial charge >= 0.3 is 11.9 Å². The summed E-state index contributed by atoms with van der Waals surface area (Å²) < 4.78 is 30.5. The molecule has 1 aliphatic carbocycles. The van der Waals surface area contributed by atoms with E-state index in [2.05, 4.69) is 4.74 Å². The Bertz CT molecular complexity index is 217. The Kier molecular flexibility index (Phi) is 3.42. The zero-order chi connectivity index (χ0) is 10.8. The van der Waals surface area contributed by atoms with Crippen LogP contribution in [0.1, 0.15) is 19.8 Å². The van der Waals surface area contributed by atoms with Crippen molar-refractivity contribution in [3.8, 4) is 0 Å². The first-order valence-electron chi connectivity index (χ1n) is 4.72. The molecule has 5 heteroatoms. The number of hydrogen-bond donors (Lipinski definition) is 0. The van der Waals surface area contributed by atoms with Crippen molar-refractivity contribution in [2.45, 2.75) is 31.7 Å². The van der Waals surface area contributed by atoms with Crippen molar-refractivity contribution in [3.63, 3.8) is 0 Å². The van der Waals surface area contributed by atoms with E-state index in [0.29, 0.717) is 0 Å². The van der Waals surface area contributed by atoms with E-state index in [0.717, 1.165) is 12.8 Å². The largest absolute Gasteiger partial charge is 0.462 e. The number of hydrogen-bond acceptors (Lipinski definition) is 3. The lowest BCUT2D eigenvalue weighted by molar-refractivity contribution is -0.173. The van der Waals surface area contributed by atoms with Gasteiger partial charge in [0.05, 0.1) is 13.2 Å². The Morgan fingerprint density at radius 3 is 2.57 bits per heavy atom. The summed E-state index contributed by atoms with van der Waals surface area (Å²) >= 11 is 0. The van der Waals surface area contributed by atoms with Gasteiger partial charge in [0.25, 0.3) is 0 Å². The summed E-state index contributed by atoms with van der Waals surface area (Å²) in [6, 6.07) is 0.218. The average Bonchev–Trinajstić information content (AvgIpc) is 2.85. The molecule has 0 N–H and O–H groups in total. The van der Waals surface area contributed by atoms with E-state index in [-0.39, 0.29) is 12.6 Å². The summed E-state index contributed by atoms with van der Waals surface area (Å²) in [7, 11) is 1.60. The SMILES string of the molecule is CCOC(=O)C(F)(F)CN(C)C1CC1. The van der Waals surface area contributed by atoms with Crippen LogP contribution in [-0.2, 0) is 9.53 Å². The number of alkyl halides is 2. The van der Waals surface area contributed by atoms with Crippen LogP contribution in [0.2, 0.25) is 0 Å². The van der Waals surface area contributed by atoms with E-state index in [1.165, 1.54) is 11.8 Å². The number of esters is 1. The van der Waals surface area contributed by atoms with E-state index >= 15 is 0 Å². The first-order chi connectivity index (χ1) is 6.47. The summed E-state index contributed by atoms with van der Waals surface area (Å²) in [5, 5.41) is 0. The molecule has 1 saturated carbocycles. The first-order valence-corrected chi connectivity index (χ1v) is 4.72. The van der Waals surface area contributed by atoms with Crippen LogP contribution in [0.3, 0.4) is 0 Å². The van der Waals surface area contributed by atoms with Gasteiger partial charge in [-0.1, -0.05) is 0 Å². The minimum atomic E-state index is -3.38. The Balaban J connectivity index is 2.42. The second-order valence-corrected chi connectivity index (χ2v) is 3.57. The van der Waals surface area contributed by atoms with Crippen molar-refractivity contribution in [2.24, 2.45) is 0 Å². The lowest BCUT2D eigenvalue weighted by Crippen LogP contribution is -2.42. The van der Waals surface area contributed by atoms with Crippen molar-refractivity contribution in [1.82, 2.24) is 4.90 Å². The van der Waals surface area contributed by atoms with E-state index in [9.17, 15) is 13.6 Å². The maximum Gasteiger partial charge on any atom is 0.378 e. The van der Waals surface area contributed by atoms with Crippen molar-refractivity contribution >= 4 is 5.97 Å². The molecule has 0 atom stereocenters. The number of carbonyl (C=O) groups is 1. The van der Waals surface area contributed by atoms with Gasteiger partial charge in [0.15, 0.2) is 0 Å². The molecular weight excluding hydrogens is 192 g/mol. The molecule has 0 aromatic carbocycles. The highest BCUT2D eigenvalue weighted by Gasteiger charge is 2.44. The monoisotopic (exact) mass is 207 g/mol. The van der Waals surface area contributed by atoms with Gasteiger partial charge in [0.1, 0.15) is 0 Å². The zero-order valence-corrected chi connectivity index (χ0v) is 8.43. The molecular formula is C9H15F2NO2. The molecule has 0 radical (unpaired) electrons. The molecule has 1 fully saturated rings. The fraction of sp³-hybridized carbons (Fsp3) is 0.889. The van der Waals surface area contributed by atoms with Crippen LogP contribution in [0, 0.1) is 0 Å². The van der Waals surface area contributed by atoms with Gasteiger partial charge in [-0.2, -0.15) is 8.78 Å². The molecule has 3 nitrogen and oxygen atoms in total. The molecule has 0 saturated heterocycles. The van der Waals surface area contributed by atoms with Crippen LogP contribution in [0.25, 0.3) is 0 Å². The van der Waals surface area contributed by atoms with E-state index in [1.807, 2.05) is 0 Å². The number of halogens is 2. The van der Waals surface area contributed by atoms with Gasteiger partial charge in [-0.15, -0.1) is 0 Å². The summed E-state index contributed by atoms with van der Waals surface area (Å²) in [5.74, 6) is -4.81. The highest BCUT2D eigenvalue weighted by molar-refractivity contribution is 5.77. The molecule has 0 amide bonds. The third-order valence-corrected chi connectivity index (χ3v) is 2.19. The highest BCUT2D eigenvalue weighted by Crippen LogP contribution is 2.28. The van der Waals surface area contributed by atoms with E-state index < -0.39 is 18.4 Å². The lowest BCUT2D eigenvalue weighted by Gasteiger charge is -2.21. The Morgan fingerprint density at radius 2 is 2.14 bits per heavy atom. The Hall–Kier alpha value is -0.710. The molecule has 0 aromatic heterocycles. The lowest BCUT2D eigenvalue weighted by atomic mass is 10.3. The van der Waals surface area contributed by atoms with Crippen molar-refractivity contribution in [1.29, 1.82) is 0 Å². The summed E-state index contributed by atoms with van der Waals surface area (Å²) in [6.45, 7) is 0.955. The van der Waals surface area contributed by atoms with Crippen LogP contribution in [0.4, 0.5) is 8.78 Å². The summed E-state index contributed by atoms with van der Waals surface area (Å²) in [5.41, 5.74) is 0. The number of nitrogens with zero attached hydrogens (tertiary/aromatic N) is 1. The van der Waals surface area contributed by atoms with Gasteiger partial charge in [0.2, 0.25) is 0 Å². The predicted molar refractivity (Wildman–Crippen MR) is 47.2 cm³/mol. The summed E-state index contributed by atoms with van der Waals surface area (Å²) in [4.78, 5) is 12.4. The average molecular weight is 207 g/mol. The minimum Gasteiger partial charge on any atom is -0.462 e. The molecule has 0 spiro atoms. The van der Waals surface area contributed by atoms with Crippen LogP contribution < -0.4 is 0 Å². The van der Waals surface area contributed by atoms with E-state index in [1.54, 1.807) is 7.05 Å². The molecule has 0 bridgehead atoms. The molecule has 0 aromatic rings. The number of rotatable bonds is 5. The third kappa shape index (κ3) is 2.90. The van der Waals surface area contributed by atoms with Gasteiger partial charge in [0, 0.05) is 6.04 Å². The van der Waals surface area contributed by atoms with Gasteiger partial charge in [-0.3, -0.25) is 4.90 Å².